The van der Waals surface area contributed by atoms with Crippen molar-refractivity contribution in [1.82, 2.24) is 19.5 Å². The summed E-state index contributed by atoms with van der Waals surface area (Å²) >= 11 is 0. The van der Waals surface area contributed by atoms with Crippen molar-refractivity contribution in [2.45, 2.75) is 49.9 Å². The molecule has 0 bridgehead atoms. The van der Waals surface area contributed by atoms with Crippen LogP contribution in [0.5, 0.6) is 0 Å². The first kappa shape index (κ1) is 20.1. The highest BCUT2D eigenvalue weighted by molar-refractivity contribution is 5.85. The van der Waals surface area contributed by atoms with Gasteiger partial charge < -0.3 is 25.2 Å². The molecule has 5 rings (SSSR count). The molecule has 3 heterocycles. The van der Waals surface area contributed by atoms with Crippen LogP contribution in [-0.4, -0.2) is 67.3 Å². The monoisotopic (exact) mass is 428 g/mol. The van der Waals surface area contributed by atoms with Crippen LogP contribution in [0.4, 0.5) is 21.8 Å². The first-order chi connectivity index (χ1) is 14.9. The molecule has 0 radical (unpaired) electrons. The van der Waals surface area contributed by atoms with Crippen molar-refractivity contribution in [3.63, 3.8) is 0 Å². The molecule has 9 nitrogen and oxygen atoms in total. The molecule has 1 aromatic carbocycles. The van der Waals surface area contributed by atoms with E-state index >= 15 is 4.39 Å². The van der Waals surface area contributed by atoms with Crippen molar-refractivity contribution in [3.05, 3.63) is 36.7 Å². The van der Waals surface area contributed by atoms with Crippen LogP contribution >= 0.6 is 0 Å². The van der Waals surface area contributed by atoms with Gasteiger partial charge >= 0.3 is 0 Å². The molecule has 1 saturated carbocycles. The lowest BCUT2D eigenvalue weighted by molar-refractivity contribution is -0.0566. The summed E-state index contributed by atoms with van der Waals surface area (Å²) in [4.78, 5) is 15.8. The van der Waals surface area contributed by atoms with Crippen molar-refractivity contribution in [3.8, 4) is 0 Å². The second-order valence-corrected chi connectivity index (χ2v) is 8.33. The summed E-state index contributed by atoms with van der Waals surface area (Å²) in [5.74, 6) is 0.989. The first-order valence-corrected chi connectivity index (χ1v) is 10.3. The zero-order valence-corrected chi connectivity index (χ0v) is 17.3. The van der Waals surface area contributed by atoms with Gasteiger partial charge in [-0.1, -0.05) is 18.2 Å². The fourth-order valence-electron chi connectivity index (χ4n) is 4.02. The van der Waals surface area contributed by atoms with Crippen LogP contribution in [0.15, 0.2) is 36.7 Å². The molecule has 4 atom stereocenters. The molecular weight excluding hydrogens is 403 g/mol. The maximum atomic E-state index is 15.4. The SMILES string of the molecule is CN(c1nc(Nc2ccccc2)nc2c1ncn2[C@@H]1O[C@H](CO)[C@@H](O)[C@@]1(C)F)C1CC1. The molecule has 3 aromatic rings. The number of hydrogen-bond donors (Lipinski definition) is 3. The summed E-state index contributed by atoms with van der Waals surface area (Å²) in [6, 6.07) is 9.90. The van der Waals surface area contributed by atoms with E-state index in [0.717, 1.165) is 18.5 Å². The van der Waals surface area contributed by atoms with Crippen molar-refractivity contribution >= 4 is 28.6 Å². The average molecular weight is 428 g/mol. The average Bonchev–Trinajstić information content (AvgIpc) is 3.49. The fourth-order valence-corrected chi connectivity index (χ4v) is 4.02. The lowest BCUT2D eigenvalue weighted by atomic mass is 9.98. The number of imidazole rings is 1. The minimum atomic E-state index is -2.14. The van der Waals surface area contributed by atoms with E-state index in [1.807, 2.05) is 37.4 Å². The van der Waals surface area contributed by atoms with Gasteiger partial charge in [0.2, 0.25) is 5.95 Å². The molecule has 0 amide bonds. The second kappa shape index (κ2) is 7.40. The zero-order chi connectivity index (χ0) is 21.8. The maximum Gasteiger partial charge on any atom is 0.231 e. The van der Waals surface area contributed by atoms with E-state index in [0.29, 0.717) is 29.0 Å². The highest BCUT2D eigenvalue weighted by Crippen LogP contribution is 2.43. The Hall–Kier alpha value is -2.82. The van der Waals surface area contributed by atoms with Gasteiger partial charge in [-0.05, 0) is 31.9 Å². The van der Waals surface area contributed by atoms with Gasteiger partial charge in [-0.2, -0.15) is 9.97 Å². The highest BCUT2D eigenvalue weighted by atomic mass is 19.1. The number of nitrogens with zero attached hydrogens (tertiary/aromatic N) is 5. The molecule has 2 aliphatic rings. The Kier molecular flexibility index (Phi) is 4.80. The van der Waals surface area contributed by atoms with Crippen LogP contribution in [0.25, 0.3) is 11.2 Å². The summed E-state index contributed by atoms with van der Waals surface area (Å²) < 4.78 is 22.6. The third-order valence-corrected chi connectivity index (χ3v) is 6.01. The molecule has 1 saturated heterocycles. The number of aliphatic hydroxyl groups is 2. The van der Waals surface area contributed by atoms with Gasteiger partial charge in [-0.15, -0.1) is 0 Å². The number of hydrogen-bond acceptors (Lipinski definition) is 8. The summed E-state index contributed by atoms with van der Waals surface area (Å²) in [5, 5.41) is 22.9. The Morgan fingerprint density at radius 1 is 1.29 bits per heavy atom. The summed E-state index contributed by atoms with van der Waals surface area (Å²) in [7, 11) is 1.96. The molecule has 1 aliphatic carbocycles. The Morgan fingerprint density at radius 3 is 2.68 bits per heavy atom. The topological polar surface area (TPSA) is 109 Å². The van der Waals surface area contributed by atoms with Crippen LogP contribution < -0.4 is 10.2 Å². The lowest BCUT2D eigenvalue weighted by Crippen LogP contribution is -2.40. The summed E-state index contributed by atoms with van der Waals surface area (Å²) in [5.41, 5.74) is -0.414. The van der Waals surface area contributed by atoms with E-state index in [1.165, 1.54) is 17.8 Å². The van der Waals surface area contributed by atoms with Gasteiger partial charge in [0.15, 0.2) is 28.9 Å². The lowest BCUT2D eigenvalue weighted by Gasteiger charge is -2.25. The third-order valence-electron chi connectivity index (χ3n) is 6.01. The van der Waals surface area contributed by atoms with Crippen molar-refractivity contribution in [1.29, 1.82) is 0 Å². The Bertz CT molecular complexity index is 1090. The standard InChI is InChI=1S/C21H25FN6O3/c1-21(22)16(30)14(10-29)31-19(21)28-11-23-15-17(27(2)13-8-9-13)25-20(26-18(15)28)24-12-6-4-3-5-7-12/h3-7,11,13-14,16,19,29-30H,8-10H2,1-2H3,(H,24,25,26)/t14-,16-,19-,21-/m1/s1. The number of aliphatic hydroxyl groups excluding tert-OH is 2. The molecule has 31 heavy (non-hydrogen) atoms. The van der Waals surface area contributed by atoms with E-state index in [9.17, 15) is 10.2 Å². The highest BCUT2D eigenvalue weighted by Gasteiger charge is 2.55. The molecule has 0 spiro atoms. The molecule has 3 N–H and O–H groups in total. The number of nitrogens with one attached hydrogen (secondary N) is 1. The van der Waals surface area contributed by atoms with Crippen molar-refractivity contribution < 1.29 is 19.3 Å². The number of benzene rings is 1. The van der Waals surface area contributed by atoms with E-state index in [1.54, 1.807) is 0 Å². The minimum Gasteiger partial charge on any atom is -0.394 e. The molecule has 164 valence electrons. The predicted molar refractivity (Wildman–Crippen MR) is 113 cm³/mol. The van der Waals surface area contributed by atoms with Gasteiger partial charge in [0.1, 0.15) is 12.2 Å². The van der Waals surface area contributed by atoms with E-state index < -0.39 is 30.7 Å². The minimum absolute atomic E-state index is 0.348. The predicted octanol–water partition coefficient (Wildman–Crippen LogP) is 2.15. The molecule has 10 heteroatoms. The van der Waals surface area contributed by atoms with Gasteiger partial charge in [-0.3, -0.25) is 4.57 Å². The van der Waals surface area contributed by atoms with Gasteiger partial charge in [0, 0.05) is 18.8 Å². The van der Waals surface area contributed by atoms with E-state index in [4.69, 9.17) is 4.74 Å². The van der Waals surface area contributed by atoms with Crippen LogP contribution in [0.1, 0.15) is 26.0 Å². The number of fused-ring (bicyclic) bond motifs is 1. The molecular formula is C21H25FN6O3. The summed E-state index contributed by atoms with van der Waals surface area (Å²) in [6.07, 6.45) is -0.105. The number of halogens is 1. The normalized spacial score (nSPS) is 28.2. The maximum absolute atomic E-state index is 15.4. The fraction of sp³-hybridized carbons (Fsp3) is 0.476. The largest absolute Gasteiger partial charge is 0.394 e. The van der Waals surface area contributed by atoms with Crippen LogP contribution in [0.2, 0.25) is 0 Å². The Morgan fingerprint density at radius 2 is 2.03 bits per heavy atom. The zero-order valence-electron chi connectivity index (χ0n) is 17.3. The number of rotatable bonds is 6. The number of para-hydroxylation sites is 1. The van der Waals surface area contributed by atoms with Crippen molar-refractivity contribution in [2.24, 2.45) is 0 Å². The van der Waals surface area contributed by atoms with Crippen molar-refractivity contribution in [2.75, 3.05) is 23.9 Å². The second-order valence-electron chi connectivity index (χ2n) is 8.33. The Labute approximate surface area is 178 Å². The van der Waals surface area contributed by atoms with E-state index in [-0.39, 0.29) is 0 Å². The van der Waals surface area contributed by atoms with Crippen LogP contribution in [0.3, 0.4) is 0 Å². The van der Waals surface area contributed by atoms with Gasteiger partial charge in [0.25, 0.3) is 0 Å². The quantitative estimate of drug-likeness (QED) is 0.548. The van der Waals surface area contributed by atoms with Gasteiger partial charge in [0.05, 0.1) is 12.9 Å². The summed E-state index contributed by atoms with van der Waals surface area (Å²) in [6.45, 7) is 0.765. The van der Waals surface area contributed by atoms with Gasteiger partial charge in [-0.25, -0.2) is 9.37 Å². The third kappa shape index (κ3) is 3.40. The van der Waals surface area contributed by atoms with Crippen LogP contribution in [-0.2, 0) is 4.74 Å². The molecule has 2 fully saturated rings. The molecule has 1 aliphatic heterocycles. The Balaban J connectivity index is 1.62. The number of alkyl halides is 1. The molecule has 0 unspecified atom stereocenters. The number of aromatic nitrogens is 4. The number of ether oxygens (including phenoxy) is 1. The van der Waals surface area contributed by atoms with Crippen LogP contribution in [0, 0.1) is 0 Å². The molecule has 2 aromatic heterocycles. The smallest absolute Gasteiger partial charge is 0.231 e. The first-order valence-electron chi connectivity index (χ1n) is 10.3. The number of anilines is 3. The van der Waals surface area contributed by atoms with E-state index in [2.05, 4.69) is 25.2 Å².